The van der Waals surface area contributed by atoms with Gasteiger partial charge >= 0.3 is 0 Å². The largest absolute Gasteiger partial charge is 0.497 e. The molecule has 6 nitrogen and oxygen atoms in total. The number of carbonyl (C=O) groups excluding carboxylic acids is 1. The van der Waals surface area contributed by atoms with Crippen LogP contribution in [-0.2, 0) is 22.6 Å². The van der Waals surface area contributed by atoms with Gasteiger partial charge in [-0.2, -0.15) is 11.3 Å². The molecule has 0 aliphatic carbocycles. The number of hydrogen-bond donors (Lipinski definition) is 0. The van der Waals surface area contributed by atoms with E-state index in [2.05, 4.69) is 44.9 Å². The van der Waals surface area contributed by atoms with E-state index in [9.17, 15) is 4.79 Å². The first-order chi connectivity index (χ1) is 15.7. The highest BCUT2D eigenvalue weighted by molar-refractivity contribution is 7.07. The van der Waals surface area contributed by atoms with Crippen LogP contribution < -0.4 is 4.74 Å². The van der Waals surface area contributed by atoms with Crippen molar-refractivity contribution < 1.29 is 14.3 Å². The van der Waals surface area contributed by atoms with Crippen LogP contribution in [0.2, 0.25) is 0 Å². The van der Waals surface area contributed by atoms with Crippen molar-refractivity contribution in [1.82, 2.24) is 14.8 Å². The molecule has 2 saturated heterocycles. The molecule has 2 aromatic heterocycles. The van der Waals surface area contributed by atoms with Crippen LogP contribution in [0.5, 0.6) is 5.75 Å². The lowest BCUT2D eigenvalue weighted by molar-refractivity contribution is -0.173. The van der Waals surface area contributed by atoms with Gasteiger partial charge in [-0.1, -0.05) is 18.2 Å². The second-order valence-corrected chi connectivity index (χ2v) is 9.24. The van der Waals surface area contributed by atoms with Crippen LogP contribution in [0.25, 0.3) is 0 Å². The molecule has 2 aliphatic heterocycles. The van der Waals surface area contributed by atoms with E-state index in [1.165, 1.54) is 5.56 Å². The summed E-state index contributed by atoms with van der Waals surface area (Å²) in [7, 11) is 1.68. The average Bonchev–Trinajstić information content (AvgIpc) is 3.46. The van der Waals surface area contributed by atoms with Crippen molar-refractivity contribution in [3.05, 3.63) is 82.3 Å². The molecule has 0 saturated carbocycles. The molecule has 0 unspecified atom stereocenters. The van der Waals surface area contributed by atoms with Gasteiger partial charge in [-0.15, -0.1) is 0 Å². The topological polar surface area (TPSA) is 54.9 Å². The molecule has 7 heteroatoms. The fraction of sp³-hybridized carbons (Fsp3) is 0.360. The molecule has 5 rings (SSSR count). The Morgan fingerprint density at radius 2 is 2.16 bits per heavy atom. The maximum atomic E-state index is 13.9. The molecule has 32 heavy (non-hydrogen) atoms. The number of pyridine rings is 1. The molecule has 0 N–H and O–H groups in total. The number of methoxy groups -OCH3 is 1. The summed E-state index contributed by atoms with van der Waals surface area (Å²) < 4.78 is 11.8. The summed E-state index contributed by atoms with van der Waals surface area (Å²) in [5, 5.41) is 4.16. The lowest BCUT2D eigenvalue weighted by Gasteiger charge is -2.42. The number of amides is 1. The summed E-state index contributed by atoms with van der Waals surface area (Å²) in [6.45, 7) is 3.81. The van der Waals surface area contributed by atoms with Gasteiger partial charge in [-0.3, -0.25) is 14.7 Å². The van der Waals surface area contributed by atoms with E-state index >= 15 is 0 Å². The number of likely N-dealkylation sites (tertiary alicyclic amines) is 1. The summed E-state index contributed by atoms with van der Waals surface area (Å²) in [6.07, 6.45) is 3.64. The highest BCUT2D eigenvalue weighted by atomic mass is 32.1. The van der Waals surface area contributed by atoms with E-state index in [-0.39, 0.29) is 11.8 Å². The van der Waals surface area contributed by atoms with Gasteiger partial charge in [0.2, 0.25) is 0 Å². The first-order valence-corrected chi connectivity index (χ1v) is 11.8. The van der Waals surface area contributed by atoms with Crippen molar-refractivity contribution in [2.45, 2.75) is 24.6 Å². The van der Waals surface area contributed by atoms with Gasteiger partial charge in [-0.25, -0.2) is 0 Å². The minimum absolute atomic E-state index is 0.0698. The Balaban J connectivity index is 1.44. The van der Waals surface area contributed by atoms with E-state index in [0.29, 0.717) is 26.2 Å². The molecule has 2 atom stereocenters. The van der Waals surface area contributed by atoms with Crippen LogP contribution in [-0.4, -0.2) is 59.6 Å². The quantitative estimate of drug-likeness (QED) is 0.576. The monoisotopic (exact) mass is 449 g/mol. The Morgan fingerprint density at radius 1 is 1.22 bits per heavy atom. The Morgan fingerprint density at radius 3 is 2.94 bits per heavy atom. The van der Waals surface area contributed by atoms with Crippen LogP contribution in [0.1, 0.15) is 22.6 Å². The number of carbonyl (C=O) groups is 1. The van der Waals surface area contributed by atoms with E-state index in [0.717, 1.165) is 30.0 Å². The Kier molecular flexibility index (Phi) is 5.95. The standard InChI is InChI=1S/C25H27N3O3S/c1-30-22-6-2-4-19(12-22)14-27-16-23(21-5-3-8-26-13-21)25(18-27)24(29)28(9-10-31-25)15-20-7-11-32-17-20/h2-8,11-13,17,23H,9-10,14-16,18H2,1H3/t23-,25+/m1/s1. The van der Waals surface area contributed by atoms with E-state index in [1.54, 1.807) is 24.6 Å². The SMILES string of the molecule is COc1cccc(CN2C[C@H](c3cccnc3)[C@]3(C2)OCCN(Cc2ccsc2)C3=O)c1. The van der Waals surface area contributed by atoms with Crippen molar-refractivity contribution in [1.29, 1.82) is 0 Å². The number of thiophene rings is 1. The number of aromatic nitrogens is 1. The van der Waals surface area contributed by atoms with E-state index in [1.807, 2.05) is 29.3 Å². The highest BCUT2D eigenvalue weighted by Crippen LogP contribution is 2.42. The maximum absolute atomic E-state index is 13.9. The molecule has 4 heterocycles. The lowest BCUT2D eigenvalue weighted by atomic mass is 9.83. The molecule has 0 radical (unpaired) electrons. The smallest absolute Gasteiger partial charge is 0.257 e. The van der Waals surface area contributed by atoms with Gasteiger partial charge in [0, 0.05) is 51.0 Å². The van der Waals surface area contributed by atoms with Crippen LogP contribution >= 0.6 is 11.3 Å². The molecule has 0 bridgehead atoms. The van der Waals surface area contributed by atoms with Gasteiger partial charge in [0.15, 0.2) is 5.60 Å². The van der Waals surface area contributed by atoms with Crippen molar-refractivity contribution in [2.24, 2.45) is 0 Å². The number of hydrogen-bond acceptors (Lipinski definition) is 6. The molecule has 2 aliphatic rings. The second-order valence-electron chi connectivity index (χ2n) is 8.46. The molecular formula is C25H27N3O3S. The van der Waals surface area contributed by atoms with E-state index in [4.69, 9.17) is 9.47 Å². The van der Waals surface area contributed by atoms with Crippen molar-refractivity contribution in [3.8, 4) is 5.75 Å². The van der Waals surface area contributed by atoms with Crippen LogP contribution in [0.3, 0.4) is 0 Å². The summed E-state index contributed by atoms with van der Waals surface area (Å²) in [5.74, 6) is 0.851. The zero-order valence-electron chi connectivity index (χ0n) is 18.1. The van der Waals surface area contributed by atoms with Crippen LogP contribution in [0.15, 0.2) is 65.6 Å². The van der Waals surface area contributed by atoms with Gasteiger partial charge < -0.3 is 14.4 Å². The third-order valence-corrected chi connectivity index (χ3v) is 7.14. The lowest BCUT2D eigenvalue weighted by Crippen LogP contribution is -2.59. The van der Waals surface area contributed by atoms with Crippen molar-refractivity contribution >= 4 is 17.2 Å². The van der Waals surface area contributed by atoms with Crippen molar-refractivity contribution in [2.75, 3.05) is 33.4 Å². The molecule has 1 aromatic carbocycles. The maximum Gasteiger partial charge on any atom is 0.257 e. The first-order valence-electron chi connectivity index (χ1n) is 10.9. The van der Waals surface area contributed by atoms with Crippen LogP contribution in [0, 0.1) is 0 Å². The molecule has 3 aromatic rings. The highest BCUT2D eigenvalue weighted by Gasteiger charge is 2.56. The molecule has 2 fully saturated rings. The zero-order chi connectivity index (χ0) is 22.0. The van der Waals surface area contributed by atoms with Gasteiger partial charge in [0.05, 0.1) is 13.7 Å². The predicted octanol–water partition coefficient (Wildman–Crippen LogP) is 3.55. The van der Waals surface area contributed by atoms with E-state index < -0.39 is 5.60 Å². The summed E-state index contributed by atoms with van der Waals surface area (Å²) in [4.78, 5) is 22.5. The minimum Gasteiger partial charge on any atom is -0.497 e. The molecule has 166 valence electrons. The molecule has 1 spiro atoms. The summed E-state index contributed by atoms with van der Waals surface area (Å²) in [6, 6.07) is 14.2. The first kappa shape index (κ1) is 21.1. The fourth-order valence-corrected chi connectivity index (χ4v) is 5.56. The Labute approximate surface area is 192 Å². The number of morpholine rings is 1. The summed E-state index contributed by atoms with van der Waals surface area (Å²) >= 11 is 1.66. The Bertz CT molecular complexity index is 1060. The third kappa shape index (κ3) is 4.03. The van der Waals surface area contributed by atoms with Crippen LogP contribution in [0.4, 0.5) is 0 Å². The number of benzene rings is 1. The van der Waals surface area contributed by atoms with Gasteiger partial charge in [-0.05, 0) is 51.7 Å². The summed E-state index contributed by atoms with van der Waals surface area (Å²) in [5.41, 5.74) is 2.48. The third-order valence-electron chi connectivity index (χ3n) is 6.41. The minimum atomic E-state index is -0.893. The van der Waals surface area contributed by atoms with Gasteiger partial charge in [0.25, 0.3) is 5.91 Å². The van der Waals surface area contributed by atoms with Crippen molar-refractivity contribution in [3.63, 3.8) is 0 Å². The predicted molar refractivity (Wildman–Crippen MR) is 124 cm³/mol. The van der Waals surface area contributed by atoms with Gasteiger partial charge in [0.1, 0.15) is 5.75 Å². The average molecular weight is 450 g/mol. The Hall–Kier alpha value is -2.74. The number of nitrogens with zero attached hydrogens (tertiary/aromatic N) is 3. The molecule has 1 amide bonds. The molecular weight excluding hydrogens is 422 g/mol. The number of ether oxygens (including phenoxy) is 2. The normalized spacial score (nSPS) is 23.7. The second kappa shape index (κ2) is 9.02. The number of rotatable bonds is 6. The fourth-order valence-electron chi connectivity index (χ4n) is 4.90. The zero-order valence-corrected chi connectivity index (χ0v) is 19.0.